The Bertz CT molecular complexity index is 915. The van der Waals surface area contributed by atoms with Gasteiger partial charge in [-0.25, -0.2) is 14.7 Å². The smallest absolute Gasteiger partial charge is 0.416 e. The highest BCUT2D eigenvalue weighted by Gasteiger charge is 2.26. The number of imidazole rings is 1. The third-order valence-corrected chi connectivity index (χ3v) is 3.45. The molecule has 110 valence electrons. The lowest BCUT2D eigenvalue weighted by atomic mass is 10.3. The van der Waals surface area contributed by atoms with Crippen molar-refractivity contribution < 1.29 is 9.53 Å². The van der Waals surface area contributed by atoms with Crippen molar-refractivity contribution in [1.82, 2.24) is 19.5 Å². The molecule has 0 unspecified atom stereocenters. The van der Waals surface area contributed by atoms with Gasteiger partial charge in [0, 0.05) is 5.69 Å². The fourth-order valence-corrected chi connectivity index (χ4v) is 2.39. The second-order valence-corrected chi connectivity index (χ2v) is 4.78. The van der Waals surface area contributed by atoms with E-state index in [1.165, 1.54) is 11.2 Å². The number of aromatic nitrogens is 4. The van der Waals surface area contributed by atoms with Gasteiger partial charge in [-0.15, -0.1) is 0 Å². The molecule has 4 rings (SSSR count). The average Bonchev–Trinajstić information content (AvgIpc) is 3.14. The molecule has 1 N–H and O–H groups in total. The number of H-pyrrole nitrogens is 1. The fourth-order valence-electron chi connectivity index (χ4n) is 2.39. The van der Waals surface area contributed by atoms with Crippen LogP contribution in [0.25, 0.3) is 16.9 Å². The number of amides is 1. The Hall–Kier alpha value is -3.16. The summed E-state index contributed by atoms with van der Waals surface area (Å²) < 4.78 is 6.57. The van der Waals surface area contributed by atoms with Gasteiger partial charge in [0.2, 0.25) is 5.95 Å². The van der Waals surface area contributed by atoms with Crippen LogP contribution in [0, 0.1) is 0 Å². The maximum Gasteiger partial charge on any atom is 0.416 e. The predicted octanol–water partition coefficient (Wildman–Crippen LogP) is 1.07. The van der Waals surface area contributed by atoms with E-state index in [2.05, 4.69) is 15.0 Å². The van der Waals surface area contributed by atoms with E-state index in [9.17, 15) is 9.59 Å². The first-order valence-corrected chi connectivity index (χ1v) is 6.71. The number of cyclic esters (lactones) is 1. The van der Waals surface area contributed by atoms with Gasteiger partial charge in [-0.05, 0) is 12.1 Å². The van der Waals surface area contributed by atoms with Gasteiger partial charge in [0.25, 0.3) is 5.56 Å². The number of rotatable bonds is 2. The minimum Gasteiger partial charge on any atom is -0.447 e. The molecule has 2 aromatic heterocycles. The van der Waals surface area contributed by atoms with Crippen LogP contribution >= 0.6 is 0 Å². The van der Waals surface area contributed by atoms with Gasteiger partial charge in [-0.2, -0.15) is 4.98 Å². The van der Waals surface area contributed by atoms with Crippen LogP contribution in [0.15, 0.2) is 41.5 Å². The molecular weight excluding hydrogens is 286 g/mol. The van der Waals surface area contributed by atoms with Crippen LogP contribution in [0.4, 0.5) is 10.7 Å². The Kier molecular flexibility index (Phi) is 2.68. The lowest BCUT2D eigenvalue weighted by molar-refractivity contribution is 0.181. The third kappa shape index (κ3) is 1.85. The van der Waals surface area contributed by atoms with Crippen LogP contribution in [0.3, 0.4) is 0 Å². The number of nitrogens with one attached hydrogen (secondary N) is 1. The van der Waals surface area contributed by atoms with E-state index in [4.69, 9.17) is 4.74 Å². The number of hydrogen-bond acceptors (Lipinski definition) is 5. The monoisotopic (exact) mass is 297 g/mol. The van der Waals surface area contributed by atoms with E-state index >= 15 is 0 Å². The topological polar surface area (TPSA) is 93.1 Å². The van der Waals surface area contributed by atoms with Crippen molar-refractivity contribution in [1.29, 1.82) is 0 Å². The standard InChI is InChI=1S/C14H11N5O3/c20-12-10-11(16-13(17-12)18-6-7-22-14(18)21)19(8-15-10)9-4-2-1-3-5-9/h1-5,8H,6-7H2,(H,16,17,20). The molecule has 1 amide bonds. The van der Waals surface area contributed by atoms with Crippen molar-refractivity contribution in [3.63, 3.8) is 0 Å². The number of fused-ring (bicyclic) bond motifs is 1. The molecule has 3 heterocycles. The van der Waals surface area contributed by atoms with Crippen molar-refractivity contribution in [2.45, 2.75) is 0 Å². The van der Waals surface area contributed by atoms with E-state index in [-0.39, 0.29) is 18.1 Å². The Morgan fingerprint density at radius 2 is 2.00 bits per heavy atom. The number of ether oxygens (including phenoxy) is 1. The van der Waals surface area contributed by atoms with E-state index in [1.54, 1.807) is 4.57 Å². The molecule has 0 radical (unpaired) electrons. The highest BCUT2D eigenvalue weighted by molar-refractivity contribution is 5.88. The summed E-state index contributed by atoms with van der Waals surface area (Å²) in [6.07, 6.45) is 1.02. The molecular formula is C14H11N5O3. The number of para-hydroxylation sites is 1. The summed E-state index contributed by atoms with van der Waals surface area (Å²) in [7, 11) is 0. The first-order valence-electron chi connectivity index (χ1n) is 6.71. The van der Waals surface area contributed by atoms with Gasteiger partial charge in [-0.3, -0.25) is 14.3 Å². The molecule has 0 bridgehead atoms. The van der Waals surface area contributed by atoms with Crippen LogP contribution in [-0.4, -0.2) is 38.8 Å². The summed E-state index contributed by atoms with van der Waals surface area (Å²) in [6.45, 7) is 0.630. The SMILES string of the molecule is O=C1OCCN1c1nc2c(ncn2-c2ccccc2)c(=O)[nH]1. The molecule has 3 aromatic rings. The zero-order valence-electron chi connectivity index (χ0n) is 11.4. The molecule has 1 fully saturated rings. The van der Waals surface area contributed by atoms with Gasteiger partial charge in [0.05, 0.1) is 6.54 Å². The third-order valence-electron chi connectivity index (χ3n) is 3.45. The summed E-state index contributed by atoms with van der Waals surface area (Å²) in [6, 6.07) is 9.43. The highest BCUT2D eigenvalue weighted by Crippen LogP contribution is 2.18. The summed E-state index contributed by atoms with van der Waals surface area (Å²) in [5.74, 6) is 0.165. The maximum atomic E-state index is 12.2. The van der Waals surface area contributed by atoms with Crippen molar-refractivity contribution >= 4 is 23.2 Å². The molecule has 1 aliphatic heterocycles. The number of hydrogen-bond donors (Lipinski definition) is 1. The lowest BCUT2D eigenvalue weighted by Gasteiger charge is -2.11. The van der Waals surface area contributed by atoms with Crippen molar-refractivity contribution in [3.8, 4) is 5.69 Å². The van der Waals surface area contributed by atoms with Crippen LogP contribution in [0.2, 0.25) is 0 Å². The van der Waals surface area contributed by atoms with Gasteiger partial charge in [-0.1, -0.05) is 18.2 Å². The number of benzene rings is 1. The summed E-state index contributed by atoms with van der Waals surface area (Å²) >= 11 is 0. The second-order valence-electron chi connectivity index (χ2n) is 4.78. The van der Waals surface area contributed by atoms with Crippen molar-refractivity contribution in [2.75, 3.05) is 18.1 Å². The molecule has 0 saturated carbocycles. The molecule has 22 heavy (non-hydrogen) atoms. The van der Waals surface area contributed by atoms with Crippen LogP contribution in [-0.2, 0) is 4.74 Å². The zero-order valence-corrected chi connectivity index (χ0v) is 11.4. The molecule has 0 atom stereocenters. The number of carbonyl (C=O) groups is 1. The molecule has 8 nitrogen and oxygen atoms in total. The molecule has 1 aliphatic rings. The summed E-state index contributed by atoms with van der Waals surface area (Å²) in [5, 5.41) is 0. The fraction of sp³-hybridized carbons (Fsp3) is 0.143. The lowest BCUT2D eigenvalue weighted by Crippen LogP contribution is -2.28. The molecule has 0 spiro atoms. The van der Waals surface area contributed by atoms with Crippen molar-refractivity contribution in [2.24, 2.45) is 0 Å². The van der Waals surface area contributed by atoms with E-state index in [1.807, 2.05) is 30.3 Å². The van der Waals surface area contributed by atoms with Crippen LogP contribution in [0.1, 0.15) is 0 Å². The normalized spacial score (nSPS) is 14.5. The first-order chi connectivity index (χ1) is 10.7. The summed E-state index contributed by atoms with van der Waals surface area (Å²) in [5.41, 5.74) is 1.05. The van der Waals surface area contributed by atoms with E-state index < -0.39 is 11.7 Å². The quantitative estimate of drug-likeness (QED) is 0.763. The first kappa shape index (κ1) is 12.6. The van der Waals surface area contributed by atoms with Gasteiger partial charge >= 0.3 is 6.09 Å². The van der Waals surface area contributed by atoms with Crippen molar-refractivity contribution in [3.05, 3.63) is 47.0 Å². The Balaban J connectivity index is 1.92. The number of nitrogens with zero attached hydrogens (tertiary/aromatic N) is 4. The highest BCUT2D eigenvalue weighted by atomic mass is 16.6. The molecule has 1 aromatic carbocycles. The van der Waals surface area contributed by atoms with E-state index in [0.717, 1.165) is 5.69 Å². The number of anilines is 1. The van der Waals surface area contributed by atoms with Gasteiger partial charge in [0.1, 0.15) is 12.9 Å². The summed E-state index contributed by atoms with van der Waals surface area (Å²) in [4.78, 5) is 36.1. The Labute approximate surface area is 124 Å². The van der Waals surface area contributed by atoms with Crippen LogP contribution in [0.5, 0.6) is 0 Å². The second kappa shape index (κ2) is 4.69. The number of aromatic amines is 1. The van der Waals surface area contributed by atoms with Crippen LogP contribution < -0.4 is 10.5 Å². The molecule has 8 heteroatoms. The van der Waals surface area contributed by atoms with E-state index in [0.29, 0.717) is 12.2 Å². The minimum atomic E-state index is -0.520. The Morgan fingerprint density at radius 3 is 2.73 bits per heavy atom. The van der Waals surface area contributed by atoms with Gasteiger partial charge in [0.15, 0.2) is 11.2 Å². The average molecular weight is 297 g/mol. The maximum absolute atomic E-state index is 12.2. The van der Waals surface area contributed by atoms with Gasteiger partial charge < -0.3 is 4.74 Å². The minimum absolute atomic E-state index is 0.165. The molecule has 0 aliphatic carbocycles. The zero-order chi connectivity index (χ0) is 15.1. The predicted molar refractivity (Wildman–Crippen MR) is 78.2 cm³/mol. The largest absolute Gasteiger partial charge is 0.447 e. The molecule has 1 saturated heterocycles. The Morgan fingerprint density at radius 1 is 1.18 bits per heavy atom. The number of carbonyl (C=O) groups excluding carboxylic acids is 1.